The number of unbranched alkanes of at least 4 members (excludes halogenated alkanes) is 12. The van der Waals surface area contributed by atoms with Crippen LogP contribution < -0.4 is 0 Å². The van der Waals surface area contributed by atoms with Gasteiger partial charge in [-0.2, -0.15) is 0 Å². The minimum Gasteiger partial charge on any atom is -0.462 e. The van der Waals surface area contributed by atoms with E-state index in [0.717, 1.165) is 96.3 Å². The van der Waals surface area contributed by atoms with Crippen molar-refractivity contribution in [3.8, 4) is 0 Å². The van der Waals surface area contributed by atoms with Gasteiger partial charge >= 0.3 is 17.9 Å². The van der Waals surface area contributed by atoms with Gasteiger partial charge in [-0.3, -0.25) is 14.4 Å². The van der Waals surface area contributed by atoms with Crippen molar-refractivity contribution < 1.29 is 28.6 Å². The Kier molecular flexibility index (Phi) is 52.1. The van der Waals surface area contributed by atoms with E-state index in [1.54, 1.807) is 0 Å². The second-order valence-corrected chi connectivity index (χ2v) is 17.4. The molecule has 0 aliphatic rings. The van der Waals surface area contributed by atoms with Crippen molar-refractivity contribution in [2.24, 2.45) is 0 Å². The van der Waals surface area contributed by atoms with E-state index in [2.05, 4.69) is 142 Å². The monoisotopic (exact) mass is 951 g/mol. The molecule has 0 saturated heterocycles. The van der Waals surface area contributed by atoms with Gasteiger partial charge in [0.2, 0.25) is 0 Å². The summed E-state index contributed by atoms with van der Waals surface area (Å²) in [6, 6.07) is 0. The third-order valence-corrected chi connectivity index (χ3v) is 10.9. The molecule has 0 rings (SSSR count). The molecule has 0 radical (unpaired) electrons. The molecule has 0 spiro atoms. The molecular weight excluding hydrogens is 853 g/mol. The lowest BCUT2D eigenvalue weighted by Crippen LogP contribution is -2.30. The van der Waals surface area contributed by atoms with Crippen LogP contribution in [0.5, 0.6) is 0 Å². The number of rotatable bonds is 47. The minimum atomic E-state index is -0.843. The number of ether oxygens (including phenoxy) is 3. The highest BCUT2D eigenvalue weighted by molar-refractivity contribution is 5.71. The molecule has 0 bridgehead atoms. The average Bonchev–Trinajstić information content (AvgIpc) is 3.35. The first-order valence-electron chi connectivity index (χ1n) is 27.3. The van der Waals surface area contributed by atoms with Crippen molar-refractivity contribution in [1.29, 1.82) is 0 Å². The maximum absolute atomic E-state index is 12.8. The van der Waals surface area contributed by atoms with Crippen LogP contribution in [0.4, 0.5) is 0 Å². The van der Waals surface area contributed by atoms with E-state index in [9.17, 15) is 14.4 Å². The highest BCUT2D eigenvalue weighted by Crippen LogP contribution is 2.14. The Balaban J connectivity index is 4.62. The van der Waals surface area contributed by atoms with Crippen molar-refractivity contribution >= 4 is 17.9 Å². The Hall–Kier alpha value is -4.71. The molecule has 0 aliphatic carbocycles. The molecular formula is C63H98O6. The standard InChI is InChI=1S/C63H98O6/c1-4-7-10-13-16-19-22-25-27-29-31-33-35-38-40-43-46-49-52-55-61(64)67-58-60(69-63(66)57-54-51-48-45-42-37-24-21-18-15-12-9-6-3)59-68-62(65)56-53-50-47-44-41-39-36-34-32-30-28-26-23-20-17-14-11-8-5-2/h7-8,10-11,16-17,19-20,25-28,31-34,38-41,46-47,49-50,60H,4-6,9,12-15,18,21-24,29-30,35-37,42-45,48,51-59H2,1-3H3/b10-7-,11-8-,19-16-,20-17-,27-25-,28-26-,33-31-,34-32-,40-38-,41-39-,49-46-,50-47-. The molecule has 0 aliphatic heterocycles. The van der Waals surface area contributed by atoms with Gasteiger partial charge < -0.3 is 14.2 Å². The molecule has 0 aromatic carbocycles. The minimum absolute atomic E-state index is 0.145. The van der Waals surface area contributed by atoms with Crippen LogP contribution in [0.25, 0.3) is 0 Å². The molecule has 6 nitrogen and oxygen atoms in total. The SMILES string of the molecule is CC/C=C\C/C=C\C/C=C\C/C=C\C/C=C\C/C=C\CCC(=O)OCC(COC(=O)CC/C=C\C/C=C\C/C=C\C/C=C\C/C=C\C/C=C\CC)OC(=O)CCCCCCCCCCCCCCC. The maximum atomic E-state index is 12.8. The van der Waals surface area contributed by atoms with E-state index < -0.39 is 6.10 Å². The van der Waals surface area contributed by atoms with Crippen LogP contribution in [-0.2, 0) is 28.6 Å². The van der Waals surface area contributed by atoms with Crippen LogP contribution in [0.15, 0.2) is 146 Å². The highest BCUT2D eigenvalue weighted by Gasteiger charge is 2.19. The Morgan fingerprint density at radius 3 is 0.855 bits per heavy atom. The Labute approximate surface area is 423 Å². The molecule has 0 N–H and O–H groups in total. The predicted octanol–water partition coefficient (Wildman–Crippen LogP) is 18.4. The molecule has 69 heavy (non-hydrogen) atoms. The van der Waals surface area contributed by atoms with Crippen molar-refractivity contribution in [3.05, 3.63) is 146 Å². The summed E-state index contributed by atoms with van der Waals surface area (Å²) < 4.78 is 16.7. The number of carbonyl (C=O) groups is 3. The molecule has 0 heterocycles. The summed E-state index contributed by atoms with van der Waals surface area (Å²) in [5.41, 5.74) is 0. The van der Waals surface area contributed by atoms with Gasteiger partial charge in [-0.15, -0.1) is 0 Å². The van der Waals surface area contributed by atoms with Gasteiger partial charge in [-0.1, -0.05) is 244 Å². The van der Waals surface area contributed by atoms with E-state index in [0.29, 0.717) is 19.3 Å². The van der Waals surface area contributed by atoms with Crippen molar-refractivity contribution in [1.82, 2.24) is 0 Å². The Morgan fingerprint density at radius 2 is 0.565 bits per heavy atom. The van der Waals surface area contributed by atoms with E-state index in [4.69, 9.17) is 14.2 Å². The molecule has 0 aromatic rings. The van der Waals surface area contributed by atoms with Crippen LogP contribution >= 0.6 is 0 Å². The second kappa shape index (κ2) is 55.9. The summed E-state index contributed by atoms with van der Waals surface area (Å²) in [7, 11) is 0. The molecule has 0 aromatic heterocycles. The number of hydrogen-bond acceptors (Lipinski definition) is 6. The highest BCUT2D eigenvalue weighted by atomic mass is 16.6. The lowest BCUT2D eigenvalue weighted by atomic mass is 10.0. The van der Waals surface area contributed by atoms with Crippen LogP contribution in [0, 0.1) is 0 Å². The molecule has 0 fully saturated rings. The lowest BCUT2D eigenvalue weighted by Gasteiger charge is -2.18. The van der Waals surface area contributed by atoms with E-state index in [1.165, 1.54) is 64.2 Å². The summed E-state index contributed by atoms with van der Waals surface area (Å²) >= 11 is 0. The quantitative estimate of drug-likeness (QED) is 0.0262. The number of allylic oxidation sites excluding steroid dienone is 24. The van der Waals surface area contributed by atoms with Crippen LogP contribution in [0.2, 0.25) is 0 Å². The van der Waals surface area contributed by atoms with Crippen LogP contribution in [0.1, 0.15) is 213 Å². The summed E-state index contributed by atoms with van der Waals surface area (Å²) in [6.45, 7) is 6.26. The Bertz CT molecular complexity index is 1470. The average molecular weight is 951 g/mol. The fourth-order valence-electron chi connectivity index (χ4n) is 6.85. The van der Waals surface area contributed by atoms with Crippen molar-refractivity contribution in [3.63, 3.8) is 0 Å². The number of carbonyl (C=O) groups excluding carboxylic acids is 3. The summed E-state index contributed by atoms with van der Waals surface area (Å²) in [5.74, 6) is -1.11. The number of esters is 3. The topological polar surface area (TPSA) is 78.9 Å². The molecule has 0 atom stereocenters. The van der Waals surface area contributed by atoms with Gasteiger partial charge in [-0.25, -0.2) is 0 Å². The second-order valence-electron chi connectivity index (χ2n) is 17.4. The first-order chi connectivity index (χ1) is 34.0. The van der Waals surface area contributed by atoms with Crippen LogP contribution in [-0.4, -0.2) is 37.2 Å². The maximum Gasteiger partial charge on any atom is 0.306 e. The summed E-state index contributed by atoms with van der Waals surface area (Å²) in [5, 5.41) is 0. The van der Waals surface area contributed by atoms with E-state index in [-0.39, 0.29) is 44.0 Å². The van der Waals surface area contributed by atoms with Crippen LogP contribution in [0.3, 0.4) is 0 Å². The van der Waals surface area contributed by atoms with E-state index in [1.807, 2.05) is 24.3 Å². The normalized spacial score (nSPS) is 12.9. The fraction of sp³-hybridized carbons (Fsp3) is 0.571. The molecule has 0 amide bonds. The third-order valence-electron chi connectivity index (χ3n) is 10.9. The Morgan fingerprint density at radius 1 is 0.304 bits per heavy atom. The van der Waals surface area contributed by atoms with Crippen molar-refractivity contribution in [2.45, 2.75) is 219 Å². The molecule has 0 unspecified atom stereocenters. The van der Waals surface area contributed by atoms with Gasteiger partial charge in [0.05, 0.1) is 0 Å². The van der Waals surface area contributed by atoms with Gasteiger partial charge in [0.25, 0.3) is 0 Å². The summed E-state index contributed by atoms with van der Waals surface area (Å²) in [6.07, 6.45) is 80.0. The fourth-order valence-corrected chi connectivity index (χ4v) is 6.85. The zero-order chi connectivity index (χ0) is 50.0. The zero-order valence-corrected chi connectivity index (χ0v) is 44.0. The predicted molar refractivity (Wildman–Crippen MR) is 297 cm³/mol. The van der Waals surface area contributed by atoms with Gasteiger partial charge in [-0.05, 0) is 96.3 Å². The van der Waals surface area contributed by atoms with Gasteiger partial charge in [0.15, 0.2) is 6.10 Å². The third kappa shape index (κ3) is 54.1. The van der Waals surface area contributed by atoms with Crippen molar-refractivity contribution in [2.75, 3.05) is 13.2 Å². The summed E-state index contributed by atoms with van der Waals surface area (Å²) in [4.78, 5) is 38.0. The molecule has 6 heteroatoms. The smallest absolute Gasteiger partial charge is 0.306 e. The first-order valence-corrected chi connectivity index (χ1v) is 27.3. The lowest BCUT2D eigenvalue weighted by molar-refractivity contribution is -0.166. The van der Waals surface area contributed by atoms with Gasteiger partial charge in [0.1, 0.15) is 13.2 Å². The molecule has 386 valence electrons. The first kappa shape index (κ1) is 64.3. The van der Waals surface area contributed by atoms with Gasteiger partial charge in [0, 0.05) is 19.3 Å². The zero-order valence-electron chi connectivity index (χ0n) is 44.0. The molecule has 0 saturated carbocycles. The van der Waals surface area contributed by atoms with E-state index >= 15 is 0 Å². The number of hydrogen-bond donors (Lipinski definition) is 0. The largest absolute Gasteiger partial charge is 0.462 e.